The van der Waals surface area contributed by atoms with Crippen LogP contribution in [0, 0.1) is 6.54 Å². The molecule has 0 atom stereocenters. The van der Waals surface area contributed by atoms with Gasteiger partial charge in [-0.15, -0.1) is 11.8 Å². The number of nitrogens with zero attached hydrogens (tertiary/aromatic N) is 1. The molecule has 0 saturated heterocycles. The molecule has 1 aliphatic heterocycles. The zero-order chi connectivity index (χ0) is 4.41. The van der Waals surface area contributed by atoms with Gasteiger partial charge in [0.2, 0.25) is 0 Å². The molecule has 6 heavy (non-hydrogen) atoms. The molecule has 1 heterocycles. The highest BCUT2D eigenvalue weighted by atomic mass is 32.2. The van der Waals surface area contributed by atoms with Crippen LogP contribution in [0.2, 0.25) is 0 Å². The summed E-state index contributed by atoms with van der Waals surface area (Å²) in [6.45, 7) is 3.95. The highest BCUT2D eigenvalue weighted by Crippen LogP contribution is 2.12. The van der Waals surface area contributed by atoms with Gasteiger partial charge in [0.25, 0.3) is 0 Å². The third kappa shape index (κ3) is 0.744. The topological polar surface area (TPSA) is 12.4 Å². The first-order chi connectivity index (χ1) is 2.89. The molecule has 33 valence electrons. The third-order valence-electron chi connectivity index (χ3n) is 0.640. The molecule has 1 aliphatic rings. The van der Waals surface area contributed by atoms with Crippen molar-refractivity contribution in [2.75, 3.05) is 5.75 Å². The van der Waals surface area contributed by atoms with Crippen molar-refractivity contribution in [3.63, 3.8) is 0 Å². The van der Waals surface area contributed by atoms with Crippen LogP contribution in [0.1, 0.15) is 6.92 Å². The molecule has 1 rings (SSSR count). The zero-order valence-electron chi connectivity index (χ0n) is 3.64. The summed E-state index contributed by atoms with van der Waals surface area (Å²) in [5, 5.41) is 1.19. The largest absolute Gasteiger partial charge is 0.277 e. The molecule has 0 aromatic carbocycles. The molecule has 0 bridgehead atoms. The molecule has 2 heteroatoms. The second kappa shape index (κ2) is 1.65. The van der Waals surface area contributed by atoms with Gasteiger partial charge >= 0.3 is 0 Å². The maximum absolute atomic E-state index is 3.99. The molecule has 0 spiro atoms. The predicted octanol–water partition coefficient (Wildman–Crippen LogP) is 1.31. The molecule has 0 unspecified atom stereocenters. The molecule has 0 aromatic rings. The van der Waals surface area contributed by atoms with Crippen LogP contribution in [-0.2, 0) is 0 Å². The Bertz CT molecular complexity index is 77.6. The van der Waals surface area contributed by atoms with Crippen LogP contribution in [0.15, 0.2) is 4.99 Å². The Balaban J connectivity index is 2.45. The van der Waals surface area contributed by atoms with E-state index in [1.807, 2.05) is 13.5 Å². The highest BCUT2D eigenvalue weighted by Gasteiger charge is 1.97. The van der Waals surface area contributed by atoms with Crippen molar-refractivity contribution in [2.45, 2.75) is 6.92 Å². The molecule has 0 aliphatic carbocycles. The third-order valence-corrected chi connectivity index (χ3v) is 1.48. The molecule has 1 nitrogen and oxygen atoms in total. The lowest BCUT2D eigenvalue weighted by Gasteiger charge is -1.76. The maximum atomic E-state index is 3.99. The van der Waals surface area contributed by atoms with E-state index in [0.717, 1.165) is 5.75 Å². The minimum Gasteiger partial charge on any atom is -0.277 e. The van der Waals surface area contributed by atoms with E-state index in [0.29, 0.717) is 0 Å². The summed E-state index contributed by atoms with van der Waals surface area (Å²) in [6.07, 6.45) is 0. The highest BCUT2D eigenvalue weighted by molar-refractivity contribution is 8.14. The fourth-order valence-corrected chi connectivity index (χ4v) is 0.900. The standard InChI is InChI=1S/C4H6NS/c1-4-5-2-3-6-4/h2H,3H2,1H3. The number of hydrogen-bond donors (Lipinski definition) is 0. The Kier molecular flexibility index (Phi) is 1.15. The molecule has 1 radical (unpaired) electrons. The Morgan fingerprint density at radius 1 is 2.00 bits per heavy atom. The Morgan fingerprint density at radius 2 is 2.83 bits per heavy atom. The van der Waals surface area contributed by atoms with E-state index in [2.05, 4.69) is 4.99 Å². The van der Waals surface area contributed by atoms with Crippen molar-refractivity contribution >= 4 is 16.8 Å². The smallest absolute Gasteiger partial charge is 0.0834 e. The van der Waals surface area contributed by atoms with Crippen LogP contribution in [0.4, 0.5) is 0 Å². The lowest BCUT2D eigenvalue weighted by atomic mass is 10.8. The molecule has 0 fully saturated rings. The molecule has 0 amide bonds. The van der Waals surface area contributed by atoms with Crippen molar-refractivity contribution in [1.29, 1.82) is 0 Å². The summed E-state index contributed by atoms with van der Waals surface area (Å²) in [7, 11) is 0. The van der Waals surface area contributed by atoms with Crippen LogP contribution in [-0.4, -0.2) is 10.8 Å². The lowest BCUT2D eigenvalue weighted by molar-refractivity contribution is 1.36. The van der Waals surface area contributed by atoms with Crippen LogP contribution in [0.25, 0.3) is 0 Å². The summed E-state index contributed by atoms with van der Waals surface area (Å²) < 4.78 is 0. The fourth-order valence-electron chi connectivity index (χ4n) is 0.361. The molecular formula is C4H6NS. The summed E-state index contributed by atoms with van der Waals surface area (Å²) in [5.41, 5.74) is 0. The Morgan fingerprint density at radius 3 is 3.00 bits per heavy atom. The van der Waals surface area contributed by atoms with Crippen LogP contribution < -0.4 is 0 Å². The molecule has 0 N–H and O–H groups in total. The van der Waals surface area contributed by atoms with Gasteiger partial charge in [-0.3, -0.25) is 4.99 Å². The number of hydrogen-bond acceptors (Lipinski definition) is 2. The second-order valence-electron chi connectivity index (χ2n) is 1.14. The molecule has 0 saturated carbocycles. The monoisotopic (exact) mass is 100 g/mol. The van der Waals surface area contributed by atoms with Gasteiger partial charge in [-0.05, 0) is 6.92 Å². The SMILES string of the molecule is CC1=N[CH]CS1. The average Bonchev–Trinajstić information content (AvgIpc) is 1.86. The van der Waals surface area contributed by atoms with Gasteiger partial charge < -0.3 is 0 Å². The molecule has 0 aromatic heterocycles. The molecular weight excluding hydrogens is 94.1 g/mol. The van der Waals surface area contributed by atoms with Gasteiger partial charge in [0.1, 0.15) is 0 Å². The Labute approximate surface area is 41.8 Å². The van der Waals surface area contributed by atoms with Gasteiger partial charge in [-0.25, -0.2) is 0 Å². The van der Waals surface area contributed by atoms with Crippen molar-refractivity contribution in [2.24, 2.45) is 4.99 Å². The van der Waals surface area contributed by atoms with E-state index in [-0.39, 0.29) is 0 Å². The van der Waals surface area contributed by atoms with E-state index < -0.39 is 0 Å². The van der Waals surface area contributed by atoms with Gasteiger partial charge in [-0.2, -0.15) is 0 Å². The maximum Gasteiger partial charge on any atom is 0.0834 e. The first kappa shape index (κ1) is 4.19. The van der Waals surface area contributed by atoms with E-state index in [1.165, 1.54) is 5.04 Å². The van der Waals surface area contributed by atoms with Crippen LogP contribution in [0.3, 0.4) is 0 Å². The van der Waals surface area contributed by atoms with Crippen molar-refractivity contribution in [3.05, 3.63) is 6.54 Å². The van der Waals surface area contributed by atoms with Crippen molar-refractivity contribution in [1.82, 2.24) is 0 Å². The van der Waals surface area contributed by atoms with Gasteiger partial charge in [0.15, 0.2) is 0 Å². The average molecular weight is 100 g/mol. The first-order valence-electron chi connectivity index (χ1n) is 1.88. The second-order valence-corrected chi connectivity index (χ2v) is 2.35. The van der Waals surface area contributed by atoms with E-state index in [1.54, 1.807) is 11.8 Å². The van der Waals surface area contributed by atoms with Gasteiger partial charge in [-0.1, -0.05) is 0 Å². The number of rotatable bonds is 0. The van der Waals surface area contributed by atoms with Crippen LogP contribution >= 0.6 is 11.8 Å². The van der Waals surface area contributed by atoms with E-state index in [9.17, 15) is 0 Å². The minimum absolute atomic E-state index is 1.08. The number of thioether (sulfide) groups is 1. The van der Waals surface area contributed by atoms with Gasteiger partial charge in [0.05, 0.1) is 11.6 Å². The van der Waals surface area contributed by atoms with E-state index >= 15 is 0 Å². The fraction of sp³-hybridized carbons (Fsp3) is 0.500. The zero-order valence-corrected chi connectivity index (χ0v) is 4.46. The first-order valence-corrected chi connectivity index (χ1v) is 2.87. The van der Waals surface area contributed by atoms with Gasteiger partial charge in [0, 0.05) is 5.75 Å². The quantitative estimate of drug-likeness (QED) is 0.447. The summed E-state index contributed by atoms with van der Waals surface area (Å²) in [6, 6.07) is 0. The minimum atomic E-state index is 1.08. The normalized spacial score (nSPS) is 21.2. The summed E-state index contributed by atoms with van der Waals surface area (Å²) >= 11 is 1.79. The van der Waals surface area contributed by atoms with Crippen molar-refractivity contribution in [3.8, 4) is 0 Å². The lowest BCUT2D eigenvalue weighted by Crippen LogP contribution is -1.69. The van der Waals surface area contributed by atoms with Crippen molar-refractivity contribution < 1.29 is 0 Å². The summed E-state index contributed by atoms with van der Waals surface area (Å²) in [5.74, 6) is 1.08. The van der Waals surface area contributed by atoms with Crippen LogP contribution in [0.5, 0.6) is 0 Å². The number of aliphatic imine (C=N–C) groups is 1. The summed E-state index contributed by atoms with van der Waals surface area (Å²) in [4.78, 5) is 3.99. The Hall–Kier alpha value is 0.0200. The predicted molar refractivity (Wildman–Crippen MR) is 29.9 cm³/mol. The van der Waals surface area contributed by atoms with E-state index in [4.69, 9.17) is 0 Å².